The molecular weight excluding hydrogens is 326 g/mol. The Hall–Kier alpha value is -0.690. The second kappa shape index (κ2) is 9.57. The van der Waals surface area contributed by atoms with Crippen LogP contribution in [0.4, 0.5) is 5.69 Å². The summed E-state index contributed by atoms with van der Waals surface area (Å²) in [4.78, 5) is 14.7. The molecule has 1 heterocycles. The molecule has 0 radical (unpaired) electrons. The van der Waals surface area contributed by atoms with Gasteiger partial charge in [0.2, 0.25) is 5.91 Å². The van der Waals surface area contributed by atoms with Gasteiger partial charge in [-0.05, 0) is 42.5 Å². The van der Waals surface area contributed by atoms with Gasteiger partial charge in [0.05, 0.1) is 6.04 Å². The van der Waals surface area contributed by atoms with E-state index in [4.69, 9.17) is 5.73 Å². The van der Waals surface area contributed by atoms with Crippen molar-refractivity contribution in [3.63, 3.8) is 0 Å². The third-order valence-electron chi connectivity index (χ3n) is 4.17. The summed E-state index contributed by atoms with van der Waals surface area (Å²) in [6.45, 7) is 5.31. The molecule has 0 aliphatic carbocycles. The van der Waals surface area contributed by atoms with Crippen LogP contribution in [0.25, 0.3) is 0 Å². The number of carbonyl (C=O) groups is 1. The average molecular weight is 354 g/mol. The van der Waals surface area contributed by atoms with E-state index in [0.717, 1.165) is 36.6 Å². The van der Waals surface area contributed by atoms with E-state index in [-0.39, 0.29) is 5.91 Å². The number of nitrogens with one attached hydrogen (secondary N) is 1. The van der Waals surface area contributed by atoms with Crippen molar-refractivity contribution in [3.05, 3.63) is 29.3 Å². The van der Waals surface area contributed by atoms with Crippen LogP contribution in [0.3, 0.4) is 0 Å². The van der Waals surface area contributed by atoms with E-state index in [1.54, 1.807) is 11.8 Å². The summed E-state index contributed by atoms with van der Waals surface area (Å²) < 4.78 is 0. The van der Waals surface area contributed by atoms with Gasteiger partial charge < -0.3 is 11.1 Å². The Kier molecular flexibility index (Phi) is 7.76. The van der Waals surface area contributed by atoms with Gasteiger partial charge in [-0.3, -0.25) is 9.69 Å². The molecule has 2 rings (SSSR count). The van der Waals surface area contributed by atoms with Crippen molar-refractivity contribution in [1.29, 1.82) is 0 Å². The number of rotatable bonds is 7. The van der Waals surface area contributed by atoms with Crippen LogP contribution in [0.1, 0.15) is 17.5 Å². The lowest BCUT2D eigenvalue weighted by Crippen LogP contribution is -2.36. The van der Waals surface area contributed by atoms with Gasteiger partial charge in [0.25, 0.3) is 0 Å². The standard InChI is InChI=1S/C17H27N3OS2/c1-13-14(12-20-7-10-23-11-8-20)4-3-5-16(13)19-17(21)15(18)6-9-22-2/h3-5,15H,6-12,18H2,1-2H3,(H,19,21)/t15-/m0/s1. The number of amides is 1. The summed E-state index contributed by atoms with van der Waals surface area (Å²) in [6, 6.07) is 5.69. The van der Waals surface area contributed by atoms with Crippen molar-refractivity contribution in [2.45, 2.75) is 25.9 Å². The first-order valence-corrected chi connectivity index (χ1v) is 10.6. The first-order chi connectivity index (χ1) is 11.1. The zero-order valence-electron chi connectivity index (χ0n) is 14.0. The molecule has 4 nitrogen and oxygen atoms in total. The van der Waals surface area contributed by atoms with Gasteiger partial charge in [-0.2, -0.15) is 23.5 Å². The molecular formula is C17H27N3OS2. The number of benzene rings is 1. The number of hydrogen-bond donors (Lipinski definition) is 2. The average Bonchev–Trinajstić information content (AvgIpc) is 2.57. The molecule has 3 N–H and O–H groups in total. The van der Waals surface area contributed by atoms with Crippen molar-refractivity contribution in [1.82, 2.24) is 4.90 Å². The monoisotopic (exact) mass is 353 g/mol. The first-order valence-electron chi connectivity index (χ1n) is 8.05. The van der Waals surface area contributed by atoms with Crippen molar-refractivity contribution in [2.75, 3.05) is 41.9 Å². The lowest BCUT2D eigenvalue weighted by atomic mass is 10.1. The maximum atomic E-state index is 12.2. The Morgan fingerprint density at radius 2 is 2.17 bits per heavy atom. The summed E-state index contributed by atoms with van der Waals surface area (Å²) in [5, 5.41) is 3.00. The summed E-state index contributed by atoms with van der Waals surface area (Å²) >= 11 is 3.73. The van der Waals surface area contributed by atoms with E-state index in [1.165, 1.54) is 17.1 Å². The Morgan fingerprint density at radius 3 is 2.87 bits per heavy atom. The first kappa shape index (κ1) is 18.6. The normalized spacial score (nSPS) is 17.0. The Balaban J connectivity index is 1.99. The van der Waals surface area contributed by atoms with Gasteiger partial charge in [0.15, 0.2) is 0 Å². The molecule has 0 spiro atoms. The van der Waals surface area contributed by atoms with Gasteiger partial charge in [0, 0.05) is 36.8 Å². The number of nitrogens with zero attached hydrogens (tertiary/aromatic N) is 1. The predicted molar refractivity (Wildman–Crippen MR) is 103 cm³/mol. The number of nitrogens with two attached hydrogens (primary N) is 1. The van der Waals surface area contributed by atoms with Crippen LogP contribution >= 0.6 is 23.5 Å². The fraction of sp³-hybridized carbons (Fsp3) is 0.588. The quantitative estimate of drug-likeness (QED) is 0.789. The van der Waals surface area contributed by atoms with E-state index in [9.17, 15) is 4.79 Å². The summed E-state index contributed by atoms with van der Waals surface area (Å²) in [5.41, 5.74) is 9.27. The van der Waals surface area contributed by atoms with E-state index >= 15 is 0 Å². The minimum atomic E-state index is -0.440. The van der Waals surface area contributed by atoms with Crippen molar-refractivity contribution in [3.8, 4) is 0 Å². The van der Waals surface area contributed by atoms with Crippen LogP contribution in [0.15, 0.2) is 18.2 Å². The van der Waals surface area contributed by atoms with Crippen LogP contribution in [0.2, 0.25) is 0 Å². The lowest BCUT2D eigenvalue weighted by Gasteiger charge is -2.27. The minimum Gasteiger partial charge on any atom is -0.324 e. The molecule has 128 valence electrons. The SMILES string of the molecule is CSCC[C@H](N)C(=O)Nc1cccc(CN2CCSCC2)c1C. The van der Waals surface area contributed by atoms with Gasteiger partial charge in [-0.15, -0.1) is 0 Å². The van der Waals surface area contributed by atoms with Gasteiger partial charge in [0.1, 0.15) is 0 Å². The van der Waals surface area contributed by atoms with E-state index in [0.29, 0.717) is 6.42 Å². The highest BCUT2D eigenvalue weighted by atomic mass is 32.2. The molecule has 1 aromatic rings. The smallest absolute Gasteiger partial charge is 0.241 e. The number of thioether (sulfide) groups is 2. The van der Waals surface area contributed by atoms with Gasteiger partial charge >= 0.3 is 0 Å². The van der Waals surface area contributed by atoms with Crippen LogP contribution in [-0.4, -0.2) is 53.5 Å². The number of anilines is 1. The lowest BCUT2D eigenvalue weighted by molar-refractivity contribution is -0.117. The van der Waals surface area contributed by atoms with Crippen molar-refractivity contribution < 1.29 is 4.79 Å². The molecule has 0 bridgehead atoms. The molecule has 1 atom stereocenters. The number of hydrogen-bond acceptors (Lipinski definition) is 5. The highest BCUT2D eigenvalue weighted by Crippen LogP contribution is 2.22. The molecule has 0 aromatic heterocycles. The summed E-state index contributed by atoms with van der Waals surface area (Å²) in [6.07, 6.45) is 2.73. The minimum absolute atomic E-state index is 0.0892. The topological polar surface area (TPSA) is 58.4 Å². The zero-order valence-corrected chi connectivity index (χ0v) is 15.6. The molecule has 1 aliphatic heterocycles. The maximum absolute atomic E-state index is 12.2. The highest BCUT2D eigenvalue weighted by Gasteiger charge is 2.16. The van der Waals surface area contributed by atoms with Crippen LogP contribution < -0.4 is 11.1 Å². The van der Waals surface area contributed by atoms with E-state index < -0.39 is 6.04 Å². The van der Waals surface area contributed by atoms with Crippen molar-refractivity contribution >= 4 is 35.1 Å². The largest absolute Gasteiger partial charge is 0.324 e. The van der Waals surface area contributed by atoms with E-state index in [1.807, 2.05) is 30.2 Å². The second-order valence-electron chi connectivity index (χ2n) is 5.86. The maximum Gasteiger partial charge on any atom is 0.241 e. The van der Waals surface area contributed by atoms with Crippen molar-refractivity contribution in [2.24, 2.45) is 5.73 Å². The molecule has 6 heteroatoms. The fourth-order valence-corrected chi connectivity index (χ4v) is 4.06. The Bertz CT molecular complexity index is 519. The highest BCUT2D eigenvalue weighted by molar-refractivity contribution is 7.99. The molecule has 1 aromatic carbocycles. The third-order valence-corrected chi connectivity index (χ3v) is 5.76. The Morgan fingerprint density at radius 1 is 1.43 bits per heavy atom. The zero-order chi connectivity index (χ0) is 16.7. The van der Waals surface area contributed by atoms with E-state index in [2.05, 4.69) is 23.2 Å². The second-order valence-corrected chi connectivity index (χ2v) is 8.07. The molecule has 23 heavy (non-hydrogen) atoms. The Labute approximate surface area is 147 Å². The van der Waals surface area contributed by atoms with Crippen LogP contribution in [0.5, 0.6) is 0 Å². The van der Waals surface area contributed by atoms with Gasteiger partial charge in [-0.1, -0.05) is 12.1 Å². The van der Waals surface area contributed by atoms with Gasteiger partial charge in [-0.25, -0.2) is 0 Å². The predicted octanol–water partition coefficient (Wildman–Crippen LogP) is 2.56. The van der Waals surface area contributed by atoms with Crippen LogP contribution in [0, 0.1) is 6.92 Å². The number of carbonyl (C=O) groups excluding carboxylic acids is 1. The molecule has 0 saturated carbocycles. The molecule has 1 aliphatic rings. The van der Waals surface area contributed by atoms with Crippen LogP contribution in [-0.2, 0) is 11.3 Å². The molecule has 0 unspecified atom stereocenters. The third kappa shape index (κ3) is 5.71. The molecule has 1 saturated heterocycles. The summed E-state index contributed by atoms with van der Waals surface area (Å²) in [5.74, 6) is 3.23. The summed E-state index contributed by atoms with van der Waals surface area (Å²) in [7, 11) is 0. The fourth-order valence-electron chi connectivity index (χ4n) is 2.59. The molecule has 1 fully saturated rings. The molecule has 1 amide bonds.